The Morgan fingerprint density at radius 1 is 0.528 bits per heavy atom. The molecule has 36 heavy (non-hydrogen) atoms. The molecule has 9 heteroatoms. The topological polar surface area (TPSA) is 20.2 Å². The highest BCUT2D eigenvalue weighted by Gasteiger charge is 2.41. The zero-order chi connectivity index (χ0) is 26.3. The van der Waals surface area contributed by atoms with Crippen molar-refractivity contribution < 1.29 is 31.4 Å². The van der Waals surface area contributed by atoms with Gasteiger partial charge in [-0.1, -0.05) is 92.5 Å². The van der Waals surface area contributed by atoms with Crippen LogP contribution in [0, 0.1) is 0 Å². The Balaban J connectivity index is 1.94. The smallest absolute Gasteiger partial charge is 0.384 e. The van der Waals surface area contributed by atoms with E-state index >= 15 is 0 Å². The summed E-state index contributed by atoms with van der Waals surface area (Å²) in [6.45, 7) is 0. The van der Waals surface area contributed by atoms with Gasteiger partial charge in [-0.05, 0) is 46.5 Å². The number of hydrogen-bond acceptors (Lipinski definition) is 1. The summed E-state index contributed by atoms with van der Waals surface area (Å²) in [5, 5.41) is 11.1. The second-order valence-corrected chi connectivity index (χ2v) is 9.68. The standard InChI is InChI=1S/C27H16Br2F6O/c28-21-13-17(15-7-3-1-4-8-15)11-19(26(30,31)32)23(21)25(36)24-20(27(33,34)35)12-18(14-22(24)29)16-9-5-2-6-10-16/h1-14,25,36H. The van der Waals surface area contributed by atoms with Crippen LogP contribution >= 0.6 is 31.9 Å². The van der Waals surface area contributed by atoms with Crippen LogP contribution in [0.25, 0.3) is 22.3 Å². The summed E-state index contributed by atoms with van der Waals surface area (Å²) >= 11 is 6.16. The average Bonchev–Trinajstić information content (AvgIpc) is 2.82. The van der Waals surface area contributed by atoms with Gasteiger partial charge in [-0.2, -0.15) is 26.3 Å². The monoisotopic (exact) mass is 628 g/mol. The van der Waals surface area contributed by atoms with Gasteiger partial charge >= 0.3 is 12.4 Å². The number of aliphatic hydroxyl groups is 1. The third-order valence-electron chi connectivity index (χ3n) is 5.63. The molecule has 0 aromatic heterocycles. The van der Waals surface area contributed by atoms with Crippen molar-refractivity contribution in [3.63, 3.8) is 0 Å². The molecule has 0 bridgehead atoms. The van der Waals surface area contributed by atoms with E-state index in [-0.39, 0.29) is 20.1 Å². The van der Waals surface area contributed by atoms with E-state index in [2.05, 4.69) is 31.9 Å². The molecule has 0 heterocycles. The van der Waals surface area contributed by atoms with Gasteiger partial charge in [0.05, 0.1) is 11.1 Å². The minimum Gasteiger partial charge on any atom is -0.384 e. The van der Waals surface area contributed by atoms with Gasteiger partial charge in [0.1, 0.15) is 6.10 Å². The van der Waals surface area contributed by atoms with Crippen LogP contribution in [0.4, 0.5) is 26.3 Å². The van der Waals surface area contributed by atoms with Crippen molar-refractivity contribution in [2.24, 2.45) is 0 Å². The van der Waals surface area contributed by atoms with Gasteiger partial charge in [-0.3, -0.25) is 0 Å². The first-order valence-electron chi connectivity index (χ1n) is 10.5. The summed E-state index contributed by atoms with van der Waals surface area (Å²) in [5.41, 5.74) is -2.55. The molecule has 4 rings (SSSR count). The number of alkyl halides is 6. The minimum atomic E-state index is -4.95. The molecule has 186 valence electrons. The lowest BCUT2D eigenvalue weighted by molar-refractivity contribution is -0.139. The largest absolute Gasteiger partial charge is 0.416 e. The summed E-state index contributed by atoms with van der Waals surface area (Å²) < 4.78 is 84.6. The summed E-state index contributed by atoms with van der Waals surface area (Å²) in [4.78, 5) is 0. The quantitative estimate of drug-likeness (QED) is 0.223. The minimum absolute atomic E-state index is 0.171. The molecule has 0 radical (unpaired) electrons. The highest BCUT2D eigenvalue weighted by molar-refractivity contribution is 9.10. The van der Waals surface area contributed by atoms with Gasteiger partial charge < -0.3 is 5.11 Å². The van der Waals surface area contributed by atoms with Crippen LogP contribution in [-0.4, -0.2) is 5.11 Å². The van der Waals surface area contributed by atoms with E-state index in [4.69, 9.17) is 0 Å². The lowest BCUT2D eigenvalue weighted by Gasteiger charge is -2.25. The van der Waals surface area contributed by atoms with Crippen molar-refractivity contribution in [1.29, 1.82) is 0 Å². The van der Waals surface area contributed by atoms with Gasteiger partial charge in [0.15, 0.2) is 0 Å². The van der Waals surface area contributed by atoms with Gasteiger partial charge in [0, 0.05) is 20.1 Å². The lowest BCUT2D eigenvalue weighted by Crippen LogP contribution is -2.18. The second kappa shape index (κ2) is 10.0. The second-order valence-electron chi connectivity index (χ2n) is 7.97. The molecule has 0 spiro atoms. The van der Waals surface area contributed by atoms with E-state index < -0.39 is 40.7 Å². The van der Waals surface area contributed by atoms with E-state index in [9.17, 15) is 31.4 Å². The van der Waals surface area contributed by atoms with Crippen molar-refractivity contribution in [2.45, 2.75) is 18.5 Å². The molecule has 0 amide bonds. The van der Waals surface area contributed by atoms with Crippen LogP contribution in [0.3, 0.4) is 0 Å². The zero-order valence-corrected chi connectivity index (χ0v) is 21.3. The molecule has 0 aliphatic rings. The van der Waals surface area contributed by atoms with Crippen LogP contribution in [0.15, 0.2) is 93.9 Å². The van der Waals surface area contributed by atoms with E-state index in [1.165, 1.54) is 12.1 Å². The van der Waals surface area contributed by atoms with E-state index in [1.54, 1.807) is 60.7 Å². The number of halogens is 8. The molecule has 0 fully saturated rings. The predicted octanol–water partition coefficient (Wildman–Crippen LogP) is 9.66. The molecule has 0 aliphatic carbocycles. The Morgan fingerprint density at radius 2 is 0.861 bits per heavy atom. The highest BCUT2D eigenvalue weighted by atomic mass is 79.9. The maximum absolute atomic E-state index is 14.2. The van der Waals surface area contributed by atoms with Gasteiger partial charge in [-0.15, -0.1) is 0 Å². The number of hydrogen-bond donors (Lipinski definition) is 1. The third-order valence-corrected chi connectivity index (χ3v) is 6.94. The summed E-state index contributed by atoms with van der Waals surface area (Å²) in [7, 11) is 0. The van der Waals surface area contributed by atoms with E-state index in [1.807, 2.05) is 0 Å². The fourth-order valence-corrected chi connectivity index (χ4v) is 5.35. The Labute approximate surface area is 219 Å². The van der Waals surface area contributed by atoms with Gasteiger partial charge in [-0.25, -0.2) is 0 Å². The normalized spacial score (nSPS) is 12.3. The maximum atomic E-state index is 14.2. The van der Waals surface area contributed by atoms with Crippen molar-refractivity contribution in [3.05, 3.63) is 116 Å². The molecule has 0 saturated heterocycles. The Hall–Kier alpha value is -2.62. The van der Waals surface area contributed by atoms with Crippen LogP contribution in [0.1, 0.15) is 28.4 Å². The van der Waals surface area contributed by atoms with Gasteiger partial charge in [0.25, 0.3) is 0 Å². The summed E-state index contributed by atoms with van der Waals surface area (Å²) in [5.74, 6) is 0. The van der Waals surface area contributed by atoms with Crippen molar-refractivity contribution in [1.82, 2.24) is 0 Å². The van der Waals surface area contributed by atoms with Crippen LogP contribution < -0.4 is 0 Å². The summed E-state index contributed by atoms with van der Waals surface area (Å²) in [6.07, 6.45) is -12.1. The number of benzene rings is 4. The fraction of sp³-hybridized carbons (Fsp3) is 0.111. The van der Waals surface area contributed by atoms with Crippen molar-refractivity contribution >= 4 is 31.9 Å². The number of aliphatic hydroxyl groups excluding tert-OH is 1. The van der Waals surface area contributed by atoms with Crippen LogP contribution in [-0.2, 0) is 12.4 Å². The van der Waals surface area contributed by atoms with Crippen LogP contribution in [0.5, 0.6) is 0 Å². The Bertz CT molecular complexity index is 1280. The molecule has 4 aromatic rings. The molecule has 1 N–H and O–H groups in total. The molecular formula is C27H16Br2F6O. The summed E-state index contributed by atoms with van der Waals surface area (Å²) in [6, 6.07) is 20.8. The Morgan fingerprint density at radius 3 is 1.17 bits per heavy atom. The van der Waals surface area contributed by atoms with Crippen LogP contribution in [0.2, 0.25) is 0 Å². The molecular weight excluding hydrogens is 614 g/mol. The highest BCUT2D eigenvalue weighted by Crippen LogP contribution is 2.48. The molecule has 0 aliphatic heterocycles. The predicted molar refractivity (Wildman–Crippen MR) is 133 cm³/mol. The molecule has 4 aromatic carbocycles. The first kappa shape index (κ1) is 26.4. The molecule has 1 nitrogen and oxygen atoms in total. The first-order valence-corrected chi connectivity index (χ1v) is 12.1. The molecule has 0 saturated carbocycles. The van der Waals surface area contributed by atoms with E-state index in [0.717, 1.165) is 12.1 Å². The molecule has 0 unspecified atom stereocenters. The fourth-order valence-electron chi connectivity index (χ4n) is 4.00. The van der Waals surface area contributed by atoms with Crippen molar-refractivity contribution in [3.8, 4) is 22.3 Å². The third kappa shape index (κ3) is 5.38. The maximum Gasteiger partial charge on any atom is 0.416 e. The first-order chi connectivity index (χ1) is 16.9. The number of rotatable bonds is 4. The molecule has 0 atom stereocenters. The average molecular weight is 630 g/mol. The zero-order valence-electron chi connectivity index (χ0n) is 18.1. The SMILES string of the molecule is OC(c1c(Br)cc(-c2ccccc2)cc1C(F)(F)F)c1c(Br)cc(-c2ccccc2)cc1C(F)(F)F. The van der Waals surface area contributed by atoms with E-state index in [0.29, 0.717) is 11.1 Å². The van der Waals surface area contributed by atoms with Gasteiger partial charge in [0.2, 0.25) is 0 Å². The Kier molecular flexibility index (Phi) is 7.37. The lowest BCUT2D eigenvalue weighted by atomic mass is 9.89. The van der Waals surface area contributed by atoms with Crippen molar-refractivity contribution in [2.75, 3.05) is 0 Å².